The van der Waals surface area contributed by atoms with E-state index in [0.29, 0.717) is 11.0 Å². The maximum absolute atomic E-state index is 7.03. The molecule has 0 spiro atoms. The van der Waals surface area contributed by atoms with Crippen molar-refractivity contribution in [3.63, 3.8) is 0 Å². The first-order valence-corrected chi connectivity index (χ1v) is 3.02. The lowest BCUT2D eigenvalue weighted by Gasteiger charge is -1.97. The number of nitrogen functional groups attached to an aromatic ring is 1. The van der Waals surface area contributed by atoms with Crippen LogP contribution in [-0.4, -0.2) is 15.4 Å². The summed E-state index contributed by atoms with van der Waals surface area (Å²) in [7, 11) is 1.70. The van der Waals surface area contributed by atoms with Crippen LogP contribution in [0.5, 0.6) is 0 Å². The second kappa shape index (κ2) is 3.59. The van der Waals surface area contributed by atoms with E-state index < -0.39 is 0 Å². The Bertz CT molecular complexity index is 267. The first kappa shape index (κ1) is 10.3. The van der Waals surface area contributed by atoms with E-state index in [-0.39, 0.29) is 18.2 Å². The number of hydrogen-bond acceptors (Lipinski definition) is 2. The highest BCUT2D eigenvalue weighted by atomic mass is 35.5. The second-order valence-electron chi connectivity index (χ2n) is 1.88. The Labute approximate surface area is 75.3 Å². The third-order valence-corrected chi connectivity index (χ3v) is 1.52. The number of halogens is 2. The van der Waals surface area contributed by atoms with Crippen molar-refractivity contribution in [1.29, 1.82) is 5.41 Å². The van der Waals surface area contributed by atoms with Crippen molar-refractivity contribution >= 4 is 29.8 Å². The number of nitrogens with zero attached hydrogens (tertiary/aromatic N) is 2. The maximum Gasteiger partial charge on any atom is 0.175 e. The minimum absolute atomic E-state index is 0. The molecule has 0 aliphatic heterocycles. The van der Waals surface area contributed by atoms with E-state index in [2.05, 4.69) is 4.98 Å². The van der Waals surface area contributed by atoms with Gasteiger partial charge in [-0.3, -0.25) is 5.41 Å². The van der Waals surface area contributed by atoms with Gasteiger partial charge < -0.3 is 10.3 Å². The molecule has 0 atom stereocenters. The van der Waals surface area contributed by atoms with E-state index in [1.807, 2.05) is 0 Å². The summed E-state index contributed by atoms with van der Waals surface area (Å²) in [6, 6.07) is 0. The molecule has 1 aromatic heterocycles. The third kappa shape index (κ3) is 1.85. The molecule has 0 fully saturated rings. The van der Waals surface area contributed by atoms with Gasteiger partial charge in [0, 0.05) is 7.05 Å². The first-order chi connectivity index (χ1) is 4.63. The first-order valence-electron chi connectivity index (χ1n) is 2.64. The highest BCUT2D eigenvalue weighted by Gasteiger charge is 2.05. The van der Waals surface area contributed by atoms with E-state index in [0.717, 1.165) is 0 Å². The summed E-state index contributed by atoms with van der Waals surface area (Å²) in [5.74, 6) is 0.319. The highest BCUT2D eigenvalue weighted by molar-refractivity contribution is 6.29. The van der Waals surface area contributed by atoms with Gasteiger partial charge in [0.25, 0.3) is 0 Å². The molecule has 0 saturated heterocycles. The molecule has 0 amide bonds. The molecule has 1 aromatic rings. The van der Waals surface area contributed by atoms with Crippen molar-refractivity contribution in [2.45, 2.75) is 0 Å². The van der Waals surface area contributed by atoms with E-state index in [9.17, 15) is 0 Å². The lowest BCUT2D eigenvalue weighted by Crippen LogP contribution is -2.16. The van der Waals surface area contributed by atoms with Gasteiger partial charge in [-0.05, 0) is 0 Å². The molecule has 0 bridgehead atoms. The minimum Gasteiger partial charge on any atom is -0.381 e. The lowest BCUT2D eigenvalue weighted by atomic mass is 10.6. The van der Waals surface area contributed by atoms with Crippen molar-refractivity contribution in [3.8, 4) is 0 Å². The van der Waals surface area contributed by atoms with Gasteiger partial charge in [0.05, 0.1) is 6.20 Å². The molecule has 0 unspecified atom stereocenters. The molecule has 11 heavy (non-hydrogen) atoms. The number of rotatable bonds is 1. The van der Waals surface area contributed by atoms with Crippen LogP contribution in [0.2, 0.25) is 5.15 Å². The molecule has 0 aromatic carbocycles. The van der Waals surface area contributed by atoms with E-state index in [4.69, 9.17) is 22.7 Å². The number of amidine groups is 1. The fourth-order valence-electron chi connectivity index (χ4n) is 0.639. The summed E-state index contributed by atoms with van der Waals surface area (Å²) in [4.78, 5) is 3.80. The summed E-state index contributed by atoms with van der Waals surface area (Å²) in [6.07, 6.45) is 1.46. The largest absolute Gasteiger partial charge is 0.381 e. The van der Waals surface area contributed by atoms with E-state index in [1.54, 1.807) is 11.6 Å². The van der Waals surface area contributed by atoms with Gasteiger partial charge in [-0.15, -0.1) is 12.4 Å². The average Bonchev–Trinajstić information content (AvgIpc) is 2.14. The highest BCUT2D eigenvalue weighted by Crippen LogP contribution is 2.07. The van der Waals surface area contributed by atoms with Gasteiger partial charge >= 0.3 is 0 Å². The predicted molar refractivity (Wildman–Crippen MR) is 46.5 cm³/mol. The SMILES string of the molecule is Cl.Cn1c(Cl)cnc1C(=N)N. The molecule has 0 radical (unpaired) electrons. The molecule has 3 N–H and O–H groups in total. The van der Waals surface area contributed by atoms with Gasteiger partial charge in [0.15, 0.2) is 11.7 Å². The Balaban J connectivity index is 0.000001000. The molecule has 62 valence electrons. The summed E-state index contributed by atoms with van der Waals surface area (Å²) >= 11 is 5.62. The Morgan fingerprint density at radius 2 is 2.36 bits per heavy atom. The summed E-state index contributed by atoms with van der Waals surface area (Å²) in [6.45, 7) is 0. The van der Waals surface area contributed by atoms with Crippen LogP contribution in [0.15, 0.2) is 6.20 Å². The van der Waals surface area contributed by atoms with Crippen LogP contribution < -0.4 is 5.73 Å². The van der Waals surface area contributed by atoms with Gasteiger partial charge in [-0.1, -0.05) is 11.6 Å². The average molecular weight is 195 g/mol. The normalized spacial score (nSPS) is 8.91. The second-order valence-corrected chi connectivity index (χ2v) is 2.26. The summed E-state index contributed by atoms with van der Waals surface area (Å²) in [5, 5.41) is 7.50. The van der Waals surface area contributed by atoms with Crippen molar-refractivity contribution in [1.82, 2.24) is 9.55 Å². The molecule has 1 heterocycles. The number of nitrogens with two attached hydrogens (primary N) is 1. The Kier molecular flexibility index (Phi) is 3.35. The third-order valence-electron chi connectivity index (χ3n) is 1.17. The quantitative estimate of drug-likeness (QED) is 0.513. The summed E-state index contributed by atoms with van der Waals surface area (Å²) < 4.78 is 1.55. The Morgan fingerprint density at radius 1 is 1.82 bits per heavy atom. The summed E-state index contributed by atoms with van der Waals surface area (Å²) in [5.41, 5.74) is 5.17. The van der Waals surface area contributed by atoms with Gasteiger partial charge in [-0.25, -0.2) is 4.98 Å². The van der Waals surface area contributed by atoms with Crippen molar-refractivity contribution in [2.75, 3.05) is 0 Å². The van der Waals surface area contributed by atoms with Crippen molar-refractivity contribution in [2.24, 2.45) is 12.8 Å². The van der Waals surface area contributed by atoms with Crippen LogP contribution in [0.1, 0.15) is 5.82 Å². The van der Waals surface area contributed by atoms with Gasteiger partial charge in [0.1, 0.15) is 5.15 Å². The topological polar surface area (TPSA) is 67.7 Å². The smallest absolute Gasteiger partial charge is 0.175 e. The van der Waals surface area contributed by atoms with Crippen molar-refractivity contribution < 1.29 is 0 Å². The number of hydrogen-bond donors (Lipinski definition) is 2. The zero-order chi connectivity index (χ0) is 7.72. The molecular formula is C5H8Cl2N4. The maximum atomic E-state index is 7.03. The van der Waals surface area contributed by atoms with Gasteiger partial charge in [0.2, 0.25) is 0 Å². The van der Waals surface area contributed by atoms with Crippen LogP contribution in [0.3, 0.4) is 0 Å². The standard InChI is InChI=1S/C5H7ClN4.ClH/c1-10-3(6)2-9-5(10)4(7)8;/h2H,1H3,(H3,7,8);1H. The molecule has 6 heteroatoms. The van der Waals surface area contributed by atoms with Gasteiger partial charge in [-0.2, -0.15) is 0 Å². The fraction of sp³-hybridized carbons (Fsp3) is 0.200. The van der Waals surface area contributed by atoms with Crippen LogP contribution in [0, 0.1) is 5.41 Å². The Hall–Kier alpha value is -0.740. The predicted octanol–water partition coefficient (Wildman–Crippen LogP) is 0.779. The number of imidazole rings is 1. The molecular weight excluding hydrogens is 187 g/mol. The molecule has 0 saturated carbocycles. The zero-order valence-electron chi connectivity index (χ0n) is 5.84. The molecule has 0 aliphatic rings. The minimum atomic E-state index is -0.0746. The number of aromatic nitrogens is 2. The van der Waals surface area contributed by atoms with E-state index in [1.165, 1.54) is 6.20 Å². The molecule has 0 aliphatic carbocycles. The Morgan fingerprint density at radius 3 is 2.55 bits per heavy atom. The number of nitrogens with one attached hydrogen (secondary N) is 1. The molecule has 4 nitrogen and oxygen atoms in total. The van der Waals surface area contributed by atoms with E-state index >= 15 is 0 Å². The van der Waals surface area contributed by atoms with Crippen LogP contribution in [-0.2, 0) is 7.05 Å². The zero-order valence-corrected chi connectivity index (χ0v) is 7.41. The monoisotopic (exact) mass is 194 g/mol. The van der Waals surface area contributed by atoms with Crippen molar-refractivity contribution in [3.05, 3.63) is 17.2 Å². The molecule has 1 rings (SSSR count). The van der Waals surface area contributed by atoms with Crippen LogP contribution in [0.25, 0.3) is 0 Å². The fourth-order valence-corrected chi connectivity index (χ4v) is 0.768. The van der Waals surface area contributed by atoms with Crippen LogP contribution in [0.4, 0.5) is 0 Å². The lowest BCUT2D eigenvalue weighted by molar-refractivity contribution is 0.893. The van der Waals surface area contributed by atoms with Crippen LogP contribution >= 0.6 is 24.0 Å².